The minimum absolute atomic E-state index is 0.0214. The molecule has 9 aliphatic rings. The van der Waals surface area contributed by atoms with Crippen LogP contribution in [0.15, 0.2) is 158 Å². The fraction of sp³-hybridized carbons (Fsp3) is 0.235. The third-order valence-corrected chi connectivity index (χ3v) is 22.7. The maximum absolute atomic E-state index is 14.8. The van der Waals surface area contributed by atoms with E-state index in [2.05, 4.69) is 214 Å². The number of ketones is 1. The van der Waals surface area contributed by atoms with Crippen LogP contribution in [-0.2, 0) is 0 Å². The molecule has 10 aromatic carbocycles. The molecule has 0 amide bonds. The number of nitrogens with zero attached hydrogens (tertiary/aromatic N) is 3. The lowest BCUT2D eigenvalue weighted by molar-refractivity contribution is 0.0898. The van der Waals surface area contributed by atoms with Gasteiger partial charge in [0, 0.05) is 78.2 Å². The van der Waals surface area contributed by atoms with Crippen molar-refractivity contribution in [1.82, 2.24) is 8.80 Å². The van der Waals surface area contributed by atoms with E-state index in [0.29, 0.717) is 29.5 Å². The van der Waals surface area contributed by atoms with Gasteiger partial charge in [-0.05, 0) is 198 Å². The molecule has 406 valence electrons. The Bertz CT molecular complexity index is 5360. The second kappa shape index (κ2) is 16.0. The van der Waals surface area contributed by atoms with Crippen molar-refractivity contribution in [3.05, 3.63) is 258 Å². The second-order valence-corrected chi connectivity index (χ2v) is 27.5. The van der Waals surface area contributed by atoms with E-state index < -0.39 is 0 Å². The largest absolute Gasteiger partial charge is 0.308 e. The van der Waals surface area contributed by atoms with Gasteiger partial charge in [0.1, 0.15) is 0 Å². The van der Waals surface area contributed by atoms with Crippen LogP contribution in [0.2, 0.25) is 0 Å². The molecule has 4 nitrogen and oxygen atoms in total. The predicted octanol–water partition coefficient (Wildman–Crippen LogP) is 20.3. The molecule has 9 aliphatic carbocycles. The summed E-state index contributed by atoms with van der Waals surface area (Å²) < 4.78 is 5.20. The first kappa shape index (κ1) is 47.3. The molecule has 1 fully saturated rings. The standard InChI is InChI=1S/C81H61N3O/c1-38(2)43-27-54(39(3)4)69(55(28-43)40(5)6)44-29-59-57-32-56-41-23-25-42(26-24-41)81(85)61(56)35-65(57)83-66-36-62-67(34-58(66)60(30-44)79(59)83)84-68-31-45(37-82)70-72-50-19-11-13-21-52(50)74(53-22-14-12-20-51(53)72)78(70)75(68)64-33-63-71-46-15-7-9-17-48(46)73(76(63)77(62)80(64)84)49-18-10-8-16-47(49)71/h7-22,27-36,38-42,71-74H,23-26H2,1-6H3. The van der Waals surface area contributed by atoms with Crippen LogP contribution < -0.4 is 0 Å². The molecule has 4 aromatic heterocycles. The van der Waals surface area contributed by atoms with Crippen LogP contribution in [0.25, 0.3) is 87.3 Å². The number of hydrogen-bond donors (Lipinski definition) is 0. The van der Waals surface area contributed by atoms with Crippen LogP contribution in [0.1, 0.15) is 220 Å². The molecular formula is C81H61N3O. The summed E-state index contributed by atoms with van der Waals surface area (Å²) in [6.45, 7) is 14.1. The fourth-order valence-corrected chi connectivity index (χ4v) is 19.2. The van der Waals surface area contributed by atoms with Gasteiger partial charge in [-0.15, -0.1) is 0 Å². The van der Waals surface area contributed by atoms with E-state index in [-0.39, 0.29) is 29.6 Å². The monoisotopic (exact) mass is 1090 g/mol. The summed E-state index contributed by atoms with van der Waals surface area (Å²) >= 11 is 0. The average Bonchev–Trinajstić information content (AvgIpc) is 1.59. The van der Waals surface area contributed by atoms with Gasteiger partial charge in [0.05, 0.1) is 44.7 Å². The van der Waals surface area contributed by atoms with Gasteiger partial charge in [0.25, 0.3) is 0 Å². The molecule has 85 heavy (non-hydrogen) atoms. The van der Waals surface area contributed by atoms with Gasteiger partial charge in [0.15, 0.2) is 5.78 Å². The number of carbonyl (C=O) groups is 1. The molecule has 6 bridgehead atoms. The molecule has 4 heterocycles. The van der Waals surface area contributed by atoms with Crippen molar-refractivity contribution in [3.63, 3.8) is 0 Å². The molecule has 0 spiro atoms. The van der Waals surface area contributed by atoms with Crippen LogP contribution >= 0.6 is 0 Å². The van der Waals surface area contributed by atoms with E-state index in [0.717, 1.165) is 47.8 Å². The van der Waals surface area contributed by atoms with E-state index in [1.54, 1.807) is 0 Å². The molecule has 0 N–H and O–H groups in total. The molecule has 0 atom stereocenters. The van der Waals surface area contributed by atoms with Gasteiger partial charge in [-0.2, -0.15) is 5.26 Å². The van der Waals surface area contributed by atoms with Crippen LogP contribution in [0, 0.1) is 17.2 Å². The molecular weight excluding hydrogens is 1030 g/mol. The van der Waals surface area contributed by atoms with Gasteiger partial charge < -0.3 is 8.80 Å². The Labute approximate surface area is 493 Å². The minimum atomic E-state index is -0.0380. The Balaban J connectivity index is 0.985. The van der Waals surface area contributed by atoms with Crippen LogP contribution in [-0.4, -0.2) is 14.6 Å². The van der Waals surface area contributed by atoms with Gasteiger partial charge in [-0.25, -0.2) is 0 Å². The quantitative estimate of drug-likeness (QED) is 0.176. The molecule has 0 radical (unpaired) electrons. The van der Waals surface area contributed by atoms with Crippen molar-refractivity contribution in [2.75, 3.05) is 0 Å². The molecule has 0 unspecified atom stereocenters. The highest BCUT2D eigenvalue weighted by molar-refractivity contribution is 6.31. The predicted molar refractivity (Wildman–Crippen MR) is 347 cm³/mol. The van der Waals surface area contributed by atoms with E-state index in [4.69, 9.17) is 0 Å². The van der Waals surface area contributed by atoms with E-state index >= 15 is 0 Å². The smallest absolute Gasteiger partial charge is 0.166 e. The van der Waals surface area contributed by atoms with Crippen molar-refractivity contribution in [1.29, 1.82) is 5.26 Å². The SMILES string of the molecule is CC(C)c1cc(C(C)C)c(-c2cc3c4cc5c(cc4n4c6cc7c8c9c(cc%10c%11c%12c(c(C#N)cc%11n(c7cc6c(c2)c34)c%108)C2c3ccccc3C%12c3ccccc32)C2c3ccccc3C9c3ccccc32)C(=O)C2CCC5CC2)c(C(C)C)c1. The molecule has 14 aromatic rings. The van der Waals surface area contributed by atoms with Gasteiger partial charge in [-0.1, -0.05) is 151 Å². The number of carbonyl (C=O) groups excluding carboxylic acids is 1. The van der Waals surface area contributed by atoms with Crippen molar-refractivity contribution in [2.45, 2.75) is 115 Å². The number of rotatable bonds is 4. The Morgan fingerprint density at radius 2 is 0.882 bits per heavy atom. The third kappa shape index (κ3) is 5.60. The van der Waals surface area contributed by atoms with Gasteiger partial charge in [-0.3, -0.25) is 4.79 Å². The number of Topliss-reactive ketones (excluding diaryl/α,β-unsaturated/α-hetero) is 1. The zero-order valence-corrected chi connectivity index (χ0v) is 48.8. The second-order valence-electron chi connectivity index (χ2n) is 27.5. The molecule has 0 saturated heterocycles. The first-order valence-electron chi connectivity index (χ1n) is 31.6. The lowest BCUT2D eigenvalue weighted by Gasteiger charge is -2.43. The van der Waals surface area contributed by atoms with Crippen molar-refractivity contribution < 1.29 is 4.79 Å². The maximum Gasteiger partial charge on any atom is 0.166 e. The Morgan fingerprint density at radius 3 is 1.44 bits per heavy atom. The normalized spacial score (nSPS) is 20.5. The van der Waals surface area contributed by atoms with Crippen LogP contribution in [0.5, 0.6) is 0 Å². The molecule has 4 heteroatoms. The van der Waals surface area contributed by atoms with Crippen molar-refractivity contribution >= 4 is 82.0 Å². The summed E-state index contributed by atoms with van der Waals surface area (Å²) in [7, 11) is 0. The number of benzene rings is 10. The highest BCUT2D eigenvalue weighted by Crippen LogP contribution is 2.64. The Morgan fingerprint density at radius 1 is 0.412 bits per heavy atom. The third-order valence-electron chi connectivity index (χ3n) is 22.7. The zero-order chi connectivity index (χ0) is 56.5. The summed E-state index contributed by atoms with van der Waals surface area (Å²) in [4.78, 5) is 14.8. The topological polar surface area (TPSA) is 49.7 Å². The summed E-state index contributed by atoms with van der Waals surface area (Å²) in [5.74, 6) is 1.93. The number of nitriles is 1. The van der Waals surface area contributed by atoms with Crippen LogP contribution in [0.4, 0.5) is 0 Å². The van der Waals surface area contributed by atoms with E-state index in [1.807, 2.05) is 0 Å². The lowest BCUT2D eigenvalue weighted by atomic mass is 9.59. The Kier molecular flexibility index (Phi) is 8.92. The molecule has 23 rings (SSSR count). The molecule has 1 saturated carbocycles. The number of hydrogen-bond acceptors (Lipinski definition) is 2. The summed E-state index contributed by atoms with van der Waals surface area (Å²) in [5, 5.41) is 21.8. The highest BCUT2D eigenvalue weighted by Gasteiger charge is 2.47. The fourth-order valence-electron chi connectivity index (χ4n) is 19.2. The summed E-state index contributed by atoms with van der Waals surface area (Å²) in [5.41, 5.74) is 33.2. The first-order chi connectivity index (χ1) is 41.6. The van der Waals surface area contributed by atoms with Crippen molar-refractivity contribution in [2.24, 2.45) is 5.92 Å². The number of fused-ring (bicyclic) bond motifs is 14. The van der Waals surface area contributed by atoms with E-state index in [1.165, 1.54) is 165 Å². The maximum atomic E-state index is 14.8. The van der Waals surface area contributed by atoms with Gasteiger partial charge >= 0.3 is 0 Å². The van der Waals surface area contributed by atoms with E-state index in [9.17, 15) is 10.1 Å². The summed E-state index contributed by atoms with van der Waals surface area (Å²) in [6, 6.07) is 64.6. The first-order valence-corrected chi connectivity index (χ1v) is 31.6. The average molecular weight is 1090 g/mol. The van der Waals surface area contributed by atoms with Gasteiger partial charge in [0.2, 0.25) is 0 Å². The highest BCUT2D eigenvalue weighted by atomic mass is 16.1. The van der Waals surface area contributed by atoms with Crippen LogP contribution in [0.3, 0.4) is 0 Å². The Hall–Kier alpha value is -9.04. The zero-order valence-electron chi connectivity index (χ0n) is 48.8. The summed E-state index contributed by atoms with van der Waals surface area (Å²) in [6.07, 6.45) is 4.13. The minimum Gasteiger partial charge on any atom is -0.308 e. The number of aromatic nitrogens is 2. The lowest BCUT2D eigenvalue weighted by Crippen LogP contribution is -2.28. The van der Waals surface area contributed by atoms with Crippen molar-refractivity contribution in [3.8, 4) is 17.2 Å². The molecule has 0 aliphatic heterocycles.